The van der Waals surface area contributed by atoms with Crippen molar-refractivity contribution in [3.8, 4) is 0 Å². The molecule has 0 bridgehead atoms. The monoisotopic (exact) mass is 399 g/mol. The number of amides is 1. The Kier molecular flexibility index (Phi) is 7.23. The number of halogens is 1. The second-order valence-corrected chi connectivity index (χ2v) is 7.87. The summed E-state index contributed by atoms with van der Waals surface area (Å²) in [7, 11) is 1.91. The van der Waals surface area contributed by atoms with Crippen molar-refractivity contribution in [1.82, 2.24) is 10.2 Å². The molecule has 2 N–H and O–H groups in total. The van der Waals surface area contributed by atoms with Crippen molar-refractivity contribution < 1.29 is 14.3 Å². The summed E-state index contributed by atoms with van der Waals surface area (Å²) in [6, 6.07) is 14.4. The van der Waals surface area contributed by atoms with Gasteiger partial charge in [0.2, 0.25) is 5.91 Å². The summed E-state index contributed by atoms with van der Waals surface area (Å²) in [6.45, 7) is 4.27. The summed E-state index contributed by atoms with van der Waals surface area (Å²) in [6.07, 6.45) is 1.12. The van der Waals surface area contributed by atoms with Gasteiger partial charge >= 0.3 is 0 Å². The third-order valence-corrected chi connectivity index (χ3v) is 5.35. The molecular weight excluding hydrogens is 369 g/mol. The first-order valence-corrected chi connectivity index (χ1v) is 10.2. The van der Waals surface area contributed by atoms with Crippen LogP contribution in [0.4, 0.5) is 10.1 Å². The SMILES string of the molecule is C[C@@H](NC(=O)CN(C)Cc1ccccc1)c1cc(F)ccc1N1CCC(O)CC1. The predicted octanol–water partition coefficient (Wildman–Crippen LogP) is 3.10. The lowest BCUT2D eigenvalue weighted by Gasteiger charge is -2.34. The third kappa shape index (κ3) is 6.02. The van der Waals surface area contributed by atoms with Crippen molar-refractivity contribution in [2.45, 2.75) is 38.5 Å². The highest BCUT2D eigenvalue weighted by Gasteiger charge is 2.22. The zero-order chi connectivity index (χ0) is 20.8. The molecular formula is C23H30FN3O2. The number of hydrogen-bond acceptors (Lipinski definition) is 4. The average Bonchev–Trinajstić information content (AvgIpc) is 2.69. The first-order valence-electron chi connectivity index (χ1n) is 10.2. The van der Waals surface area contributed by atoms with Crippen LogP contribution in [-0.4, -0.2) is 48.7 Å². The fraction of sp³-hybridized carbons (Fsp3) is 0.435. The van der Waals surface area contributed by atoms with Crippen molar-refractivity contribution in [3.63, 3.8) is 0 Å². The van der Waals surface area contributed by atoms with Gasteiger partial charge in [-0.2, -0.15) is 0 Å². The molecule has 0 unspecified atom stereocenters. The Balaban J connectivity index is 1.62. The van der Waals surface area contributed by atoms with Crippen molar-refractivity contribution in [2.24, 2.45) is 0 Å². The minimum atomic E-state index is -0.317. The molecule has 1 aliphatic heterocycles. The fourth-order valence-corrected chi connectivity index (χ4v) is 3.83. The Morgan fingerprint density at radius 2 is 1.93 bits per heavy atom. The maximum atomic E-state index is 13.9. The molecule has 2 aromatic rings. The van der Waals surface area contributed by atoms with Crippen LogP contribution in [0.5, 0.6) is 0 Å². The largest absolute Gasteiger partial charge is 0.393 e. The molecule has 6 heteroatoms. The van der Waals surface area contributed by atoms with Crippen LogP contribution in [0.1, 0.15) is 36.9 Å². The van der Waals surface area contributed by atoms with Gasteiger partial charge < -0.3 is 15.3 Å². The van der Waals surface area contributed by atoms with Gasteiger partial charge in [0.1, 0.15) is 5.82 Å². The van der Waals surface area contributed by atoms with E-state index in [2.05, 4.69) is 10.2 Å². The molecule has 2 aromatic carbocycles. The highest BCUT2D eigenvalue weighted by molar-refractivity contribution is 5.78. The van der Waals surface area contributed by atoms with E-state index in [1.54, 1.807) is 6.07 Å². The lowest BCUT2D eigenvalue weighted by atomic mass is 10.0. The average molecular weight is 400 g/mol. The quantitative estimate of drug-likeness (QED) is 0.751. The molecule has 1 aliphatic rings. The minimum absolute atomic E-state index is 0.0970. The summed E-state index contributed by atoms with van der Waals surface area (Å²) >= 11 is 0. The van der Waals surface area contributed by atoms with E-state index in [-0.39, 0.29) is 30.4 Å². The first kappa shape index (κ1) is 21.3. The number of benzene rings is 2. The van der Waals surface area contributed by atoms with Gasteiger partial charge in [0.15, 0.2) is 0 Å². The zero-order valence-electron chi connectivity index (χ0n) is 17.1. The molecule has 0 aromatic heterocycles. The molecule has 5 nitrogen and oxygen atoms in total. The van der Waals surface area contributed by atoms with E-state index >= 15 is 0 Å². The Morgan fingerprint density at radius 1 is 1.24 bits per heavy atom. The molecule has 0 aliphatic carbocycles. The molecule has 0 radical (unpaired) electrons. The standard InChI is InChI=1S/C23H30FN3O2/c1-17(25-23(29)16-26(2)15-18-6-4-3-5-7-18)21-14-19(24)8-9-22(21)27-12-10-20(28)11-13-27/h3-9,14,17,20,28H,10-13,15-16H2,1-2H3,(H,25,29)/t17-/m1/s1. The van der Waals surface area contributed by atoms with Crippen molar-refractivity contribution >= 4 is 11.6 Å². The minimum Gasteiger partial charge on any atom is -0.393 e. The van der Waals surface area contributed by atoms with Gasteiger partial charge in [-0.1, -0.05) is 30.3 Å². The summed E-state index contributed by atoms with van der Waals surface area (Å²) in [5.41, 5.74) is 2.83. The number of anilines is 1. The highest BCUT2D eigenvalue weighted by atomic mass is 19.1. The van der Waals surface area contributed by atoms with E-state index in [4.69, 9.17) is 0 Å². The number of aliphatic hydroxyl groups excluding tert-OH is 1. The van der Waals surface area contributed by atoms with Crippen LogP contribution in [-0.2, 0) is 11.3 Å². The first-order chi connectivity index (χ1) is 13.9. The smallest absolute Gasteiger partial charge is 0.234 e. The molecule has 0 saturated carbocycles. The molecule has 1 fully saturated rings. The Bertz CT molecular complexity index is 807. The Morgan fingerprint density at radius 3 is 2.62 bits per heavy atom. The van der Waals surface area contributed by atoms with Crippen LogP contribution < -0.4 is 10.2 Å². The van der Waals surface area contributed by atoms with Crippen molar-refractivity contribution in [1.29, 1.82) is 0 Å². The lowest BCUT2D eigenvalue weighted by Crippen LogP contribution is -2.38. The van der Waals surface area contributed by atoms with Crippen molar-refractivity contribution in [3.05, 3.63) is 65.5 Å². The number of likely N-dealkylation sites (N-methyl/N-ethyl adjacent to an activating group) is 1. The molecule has 1 saturated heterocycles. The molecule has 1 heterocycles. The van der Waals surface area contributed by atoms with Gasteiger partial charge in [-0.15, -0.1) is 0 Å². The highest BCUT2D eigenvalue weighted by Crippen LogP contribution is 2.29. The molecule has 0 spiro atoms. The van der Waals surface area contributed by atoms with Crippen LogP contribution in [0.3, 0.4) is 0 Å². The zero-order valence-corrected chi connectivity index (χ0v) is 17.1. The van der Waals surface area contributed by atoms with Crippen LogP contribution in [0.25, 0.3) is 0 Å². The van der Waals surface area contributed by atoms with Crippen LogP contribution in [0.2, 0.25) is 0 Å². The Hall–Kier alpha value is -2.44. The number of hydrogen-bond donors (Lipinski definition) is 2. The summed E-state index contributed by atoms with van der Waals surface area (Å²) in [5.74, 6) is -0.414. The normalized spacial score (nSPS) is 16.1. The lowest BCUT2D eigenvalue weighted by molar-refractivity contribution is -0.122. The molecule has 29 heavy (non-hydrogen) atoms. The van der Waals surface area contributed by atoms with E-state index in [1.807, 2.05) is 49.2 Å². The van der Waals surface area contributed by atoms with E-state index in [1.165, 1.54) is 12.1 Å². The van der Waals surface area contributed by atoms with E-state index in [0.717, 1.165) is 29.9 Å². The van der Waals surface area contributed by atoms with Gasteiger partial charge in [0.25, 0.3) is 0 Å². The molecule has 1 amide bonds. The number of aliphatic hydroxyl groups is 1. The topological polar surface area (TPSA) is 55.8 Å². The number of nitrogens with zero attached hydrogens (tertiary/aromatic N) is 2. The van der Waals surface area contributed by atoms with E-state index in [0.29, 0.717) is 19.4 Å². The van der Waals surface area contributed by atoms with Gasteiger partial charge in [-0.25, -0.2) is 4.39 Å². The number of piperidine rings is 1. The number of carbonyl (C=O) groups is 1. The molecule has 1 atom stereocenters. The number of rotatable bonds is 7. The number of nitrogens with one attached hydrogen (secondary N) is 1. The predicted molar refractivity (Wildman–Crippen MR) is 113 cm³/mol. The van der Waals surface area contributed by atoms with E-state index < -0.39 is 0 Å². The third-order valence-electron chi connectivity index (χ3n) is 5.35. The molecule has 3 rings (SSSR count). The van der Waals surface area contributed by atoms with Crippen LogP contribution in [0, 0.1) is 5.82 Å². The van der Waals surface area contributed by atoms with Gasteiger partial charge in [-0.05, 0) is 50.6 Å². The van der Waals surface area contributed by atoms with Crippen LogP contribution in [0.15, 0.2) is 48.5 Å². The summed E-state index contributed by atoms with van der Waals surface area (Å²) in [4.78, 5) is 16.7. The second-order valence-electron chi connectivity index (χ2n) is 7.87. The van der Waals surface area contributed by atoms with E-state index in [9.17, 15) is 14.3 Å². The van der Waals surface area contributed by atoms with Gasteiger partial charge in [0.05, 0.1) is 18.7 Å². The summed E-state index contributed by atoms with van der Waals surface area (Å²) in [5, 5.41) is 12.8. The maximum absolute atomic E-state index is 13.9. The number of carbonyl (C=O) groups excluding carboxylic acids is 1. The summed E-state index contributed by atoms with van der Waals surface area (Å²) < 4.78 is 13.9. The molecule has 156 valence electrons. The second kappa shape index (κ2) is 9.85. The fourth-order valence-electron chi connectivity index (χ4n) is 3.83. The van der Waals surface area contributed by atoms with Crippen molar-refractivity contribution in [2.75, 3.05) is 31.6 Å². The van der Waals surface area contributed by atoms with Gasteiger partial charge in [0, 0.05) is 30.9 Å². The van der Waals surface area contributed by atoms with Gasteiger partial charge in [-0.3, -0.25) is 9.69 Å². The Labute approximate surface area is 172 Å². The van der Waals surface area contributed by atoms with Crippen LogP contribution >= 0.6 is 0 Å². The maximum Gasteiger partial charge on any atom is 0.234 e.